The van der Waals surface area contributed by atoms with Crippen molar-refractivity contribution in [1.29, 1.82) is 0 Å². The minimum atomic E-state index is 1.14. The minimum Gasteiger partial charge on any atom is -0.324 e. The first-order valence-electron chi connectivity index (χ1n) is 10.6. The van der Waals surface area contributed by atoms with Gasteiger partial charge in [-0.3, -0.25) is 0 Å². The standard InChI is InChI=1S/C23H42N/c1-5-9-10-11-13-20-24(7-3,8-4)21-14-12-15-23-18-16-22(6-2)17-19-23/h16-19H,5-15,20-21H2,1-4H3/q+1. The maximum atomic E-state index is 2.39. The Morgan fingerprint density at radius 2 is 1.17 bits per heavy atom. The van der Waals surface area contributed by atoms with Crippen molar-refractivity contribution in [2.24, 2.45) is 0 Å². The molecular formula is C23H42N+. The van der Waals surface area contributed by atoms with Crippen LogP contribution >= 0.6 is 0 Å². The van der Waals surface area contributed by atoms with Crippen LogP contribution in [0.15, 0.2) is 24.3 Å². The maximum Gasteiger partial charge on any atom is 0.0786 e. The fourth-order valence-electron chi connectivity index (χ4n) is 3.74. The van der Waals surface area contributed by atoms with E-state index in [0.717, 1.165) is 6.42 Å². The number of nitrogens with zero attached hydrogens (tertiary/aromatic N) is 1. The third kappa shape index (κ3) is 7.83. The quantitative estimate of drug-likeness (QED) is 0.273. The molecular weight excluding hydrogens is 290 g/mol. The predicted molar refractivity (Wildman–Crippen MR) is 109 cm³/mol. The van der Waals surface area contributed by atoms with Gasteiger partial charge in [0.05, 0.1) is 26.2 Å². The van der Waals surface area contributed by atoms with E-state index in [0.29, 0.717) is 0 Å². The fourth-order valence-corrected chi connectivity index (χ4v) is 3.74. The highest BCUT2D eigenvalue weighted by atomic mass is 15.3. The van der Waals surface area contributed by atoms with Crippen LogP contribution in [0, 0.1) is 0 Å². The van der Waals surface area contributed by atoms with Gasteiger partial charge >= 0.3 is 0 Å². The number of hydrogen-bond donors (Lipinski definition) is 0. The number of unbranched alkanes of at least 4 members (excludes halogenated alkanes) is 5. The van der Waals surface area contributed by atoms with Gasteiger partial charge in [-0.1, -0.05) is 57.4 Å². The zero-order chi connectivity index (χ0) is 17.7. The van der Waals surface area contributed by atoms with Crippen molar-refractivity contribution < 1.29 is 4.48 Å². The molecule has 0 bridgehead atoms. The van der Waals surface area contributed by atoms with Gasteiger partial charge in [0, 0.05) is 0 Å². The highest BCUT2D eigenvalue weighted by molar-refractivity contribution is 5.22. The molecule has 0 heterocycles. The lowest BCUT2D eigenvalue weighted by Crippen LogP contribution is -2.49. The van der Waals surface area contributed by atoms with Crippen molar-refractivity contribution in [1.82, 2.24) is 0 Å². The van der Waals surface area contributed by atoms with Gasteiger partial charge in [-0.2, -0.15) is 0 Å². The van der Waals surface area contributed by atoms with E-state index >= 15 is 0 Å². The molecule has 0 aliphatic rings. The molecule has 1 nitrogen and oxygen atoms in total. The largest absolute Gasteiger partial charge is 0.324 e. The Hall–Kier alpha value is -0.820. The summed E-state index contributed by atoms with van der Waals surface area (Å²) in [4.78, 5) is 0. The second-order valence-corrected chi connectivity index (χ2v) is 7.46. The minimum absolute atomic E-state index is 1.14. The maximum absolute atomic E-state index is 2.39. The molecule has 0 aliphatic heterocycles. The number of benzene rings is 1. The van der Waals surface area contributed by atoms with E-state index in [4.69, 9.17) is 0 Å². The summed E-state index contributed by atoms with van der Waals surface area (Å²) in [5.74, 6) is 0. The van der Waals surface area contributed by atoms with Gasteiger partial charge in [0.2, 0.25) is 0 Å². The summed E-state index contributed by atoms with van der Waals surface area (Å²) >= 11 is 0. The van der Waals surface area contributed by atoms with Gasteiger partial charge in [0.25, 0.3) is 0 Å². The van der Waals surface area contributed by atoms with Crippen LogP contribution in [0.4, 0.5) is 0 Å². The van der Waals surface area contributed by atoms with Crippen LogP contribution in [0.3, 0.4) is 0 Å². The molecule has 1 heteroatoms. The Morgan fingerprint density at radius 3 is 1.71 bits per heavy atom. The van der Waals surface area contributed by atoms with Gasteiger partial charge in [-0.05, 0) is 63.5 Å². The van der Waals surface area contributed by atoms with Crippen molar-refractivity contribution in [3.63, 3.8) is 0 Å². The molecule has 0 radical (unpaired) electrons. The van der Waals surface area contributed by atoms with Crippen LogP contribution in [0.2, 0.25) is 0 Å². The molecule has 0 aliphatic carbocycles. The topological polar surface area (TPSA) is 0 Å². The SMILES string of the molecule is CCCCCCC[N+](CC)(CC)CCCCc1ccc(CC)cc1. The summed E-state index contributed by atoms with van der Waals surface area (Å²) in [5, 5.41) is 0. The Kier molecular flexibility index (Phi) is 11.1. The molecule has 0 aromatic heterocycles. The average molecular weight is 333 g/mol. The van der Waals surface area contributed by atoms with Crippen LogP contribution < -0.4 is 0 Å². The molecule has 0 spiro atoms. The third-order valence-electron chi connectivity index (χ3n) is 5.86. The van der Waals surface area contributed by atoms with Crippen LogP contribution in [0.1, 0.15) is 83.8 Å². The summed E-state index contributed by atoms with van der Waals surface area (Å²) in [6, 6.07) is 9.25. The molecule has 0 amide bonds. The lowest BCUT2D eigenvalue weighted by atomic mass is 10.0. The smallest absolute Gasteiger partial charge is 0.0786 e. The predicted octanol–water partition coefficient (Wildman–Crippen LogP) is 6.40. The van der Waals surface area contributed by atoms with Crippen molar-refractivity contribution in [3.05, 3.63) is 35.4 Å². The van der Waals surface area contributed by atoms with Gasteiger partial charge < -0.3 is 4.48 Å². The molecule has 1 rings (SSSR count). The van der Waals surface area contributed by atoms with Gasteiger partial charge in [-0.15, -0.1) is 0 Å². The van der Waals surface area contributed by atoms with Gasteiger partial charge in [-0.25, -0.2) is 0 Å². The van der Waals surface area contributed by atoms with Crippen LogP contribution in [0.5, 0.6) is 0 Å². The van der Waals surface area contributed by atoms with Crippen molar-refractivity contribution >= 4 is 0 Å². The van der Waals surface area contributed by atoms with E-state index in [2.05, 4.69) is 52.0 Å². The number of rotatable bonds is 14. The fraction of sp³-hybridized carbons (Fsp3) is 0.739. The van der Waals surface area contributed by atoms with Crippen LogP contribution in [0.25, 0.3) is 0 Å². The second kappa shape index (κ2) is 12.5. The number of quaternary nitrogens is 1. The monoisotopic (exact) mass is 332 g/mol. The molecule has 0 atom stereocenters. The van der Waals surface area contributed by atoms with E-state index in [9.17, 15) is 0 Å². The molecule has 0 saturated heterocycles. The summed E-state index contributed by atoms with van der Waals surface area (Å²) < 4.78 is 1.33. The molecule has 1 aromatic rings. The van der Waals surface area contributed by atoms with Gasteiger partial charge in [0.1, 0.15) is 0 Å². The summed E-state index contributed by atoms with van der Waals surface area (Å²) in [7, 11) is 0. The van der Waals surface area contributed by atoms with Gasteiger partial charge in [0.15, 0.2) is 0 Å². The molecule has 1 aromatic carbocycles. The van der Waals surface area contributed by atoms with E-state index in [-0.39, 0.29) is 0 Å². The zero-order valence-electron chi connectivity index (χ0n) is 16.9. The molecule has 0 saturated carbocycles. The Labute approximate surface area is 152 Å². The van der Waals surface area contributed by atoms with E-state index in [1.807, 2.05) is 0 Å². The van der Waals surface area contributed by atoms with Crippen molar-refractivity contribution in [2.45, 2.75) is 85.5 Å². The average Bonchev–Trinajstić information content (AvgIpc) is 2.64. The molecule has 0 unspecified atom stereocenters. The number of aryl methyl sites for hydroxylation is 2. The third-order valence-corrected chi connectivity index (χ3v) is 5.86. The van der Waals surface area contributed by atoms with Crippen molar-refractivity contribution in [3.8, 4) is 0 Å². The summed E-state index contributed by atoms with van der Waals surface area (Å²) in [6.45, 7) is 14.7. The van der Waals surface area contributed by atoms with Crippen LogP contribution in [-0.2, 0) is 12.8 Å². The van der Waals surface area contributed by atoms with E-state index in [1.165, 1.54) is 93.2 Å². The van der Waals surface area contributed by atoms with E-state index < -0.39 is 0 Å². The molecule has 0 N–H and O–H groups in total. The molecule has 24 heavy (non-hydrogen) atoms. The summed E-state index contributed by atoms with van der Waals surface area (Å²) in [5.41, 5.74) is 2.97. The highest BCUT2D eigenvalue weighted by Gasteiger charge is 2.21. The number of hydrogen-bond acceptors (Lipinski definition) is 0. The Bertz CT molecular complexity index is 403. The first-order valence-corrected chi connectivity index (χ1v) is 10.6. The molecule has 138 valence electrons. The Morgan fingerprint density at radius 1 is 0.625 bits per heavy atom. The van der Waals surface area contributed by atoms with E-state index in [1.54, 1.807) is 0 Å². The second-order valence-electron chi connectivity index (χ2n) is 7.46. The zero-order valence-corrected chi connectivity index (χ0v) is 16.9. The first kappa shape index (κ1) is 21.2. The Balaban J connectivity index is 2.31. The summed E-state index contributed by atoms with van der Waals surface area (Å²) in [6.07, 6.45) is 12.1. The normalized spacial score (nSPS) is 11.8. The lowest BCUT2D eigenvalue weighted by Gasteiger charge is -2.37. The highest BCUT2D eigenvalue weighted by Crippen LogP contribution is 2.15. The van der Waals surface area contributed by atoms with Crippen molar-refractivity contribution in [2.75, 3.05) is 26.2 Å². The lowest BCUT2D eigenvalue weighted by molar-refractivity contribution is -0.925. The first-order chi connectivity index (χ1) is 11.7. The van der Waals surface area contributed by atoms with Crippen LogP contribution in [-0.4, -0.2) is 30.7 Å². The molecule has 0 fully saturated rings.